The van der Waals surface area contributed by atoms with Gasteiger partial charge in [0.15, 0.2) is 0 Å². The zero-order valence-electron chi connectivity index (χ0n) is 10.2. The highest BCUT2D eigenvalue weighted by Gasteiger charge is 2.29. The number of aromatic nitrogens is 2. The summed E-state index contributed by atoms with van der Waals surface area (Å²) in [4.78, 5) is 8.35. The largest absolute Gasteiger partial charge is 0.598 e. The van der Waals surface area contributed by atoms with Gasteiger partial charge in [-0.2, -0.15) is 0 Å². The second kappa shape index (κ2) is 5.61. The molecule has 0 saturated heterocycles. The van der Waals surface area contributed by atoms with Crippen LogP contribution in [0.4, 0.5) is 0 Å². The molecule has 4 nitrogen and oxygen atoms in total. The van der Waals surface area contributed by atoms with E-state index in [-0.39, 0.29) is 10.8 Å². The molecule has 90 valence electrons. The van der Waals surface area contributed by atoms with E-state index in [0.717, 1.165) is 6.42 Å². The summed E-state index contributed by atoms with van der Waals surface area (Å²) in [6.07, 6.45) is 4.21. The smallest absolute Gasteiger partial charge is 0.149 e. The summed E-state index contributed by atoms with van der Waals surface area (Å²) in [6, 6.07) is 1.72. The Morgan fingerprint density at radius 3 is 2.38 bits per heavy atom. The molecule has 2 atom stereocenters. The molecule has 0 aliphatic heterocycles. The third-order valence-electron chi connectivity index (χ3n) is 2.11. The number of nitrogens with zero attached hydrogens (tertiary/aromatic N) is 2. The molecule has 16 heavy (non-hydrogen) atoms. The van der Waals surface area contributed by atoms with Crippen molar-refractivity contribution < 1.29 is 4.55 Å². The van der Waals surface area contributed by atoms with Gasteiger partial charge in [0.2, 0.25) is 0 Å². The Hall–Kier alpha value is -0.650. The second-order valence-corrected chi connectivity index (χ2v) is 6.56. The fraction of sp³-hybridized carbons (Fsp3) is 0.636. The molecule has 0 bridgehead atoms. The van der Waals surface area contributed by atoms with Gasteiger partial charge in [0.25, 0.3) is 0 Å². The average molecular weight is 241 g/mol. The molecule has 0 aliphatic carbocycles. The Bertz CT molecular complexity index is 313. The van der Waals surface area contributed by atoms with Crippen LogP contribution in [0.25, 0.3) is 0 Å². The van der Waals surface area contributed by atoms with Crippen LogP contribution < -0.4 is 4.72 Å². The zero-order valence-corrected chi connectivity index (χ0v) is 11.0. The minimum absolute atomic E-state index is 0.0544. The third kappa shape index (κ3) is 3.73. The van der Waals surface area contributed by atoms with Crippen LogP contribution in [0.5, 0.6) is 0 Å². The lowest BCUT2D eigenvalue weighted by molar-refractivity contribution is 0.509. The van der Waals surface area contributed by atoms with Gasteiger partial charge in [-0.3, -0.25) is 0 Å². The van der Waals surface area contributed by atoms with Crippen molar-refractivity contribution >= 4 is 11.4 Å². The Morgan fingerprint density at radius 1 is 1.38 bits per heavy atom. The van der Waals surface area contributed by atoms with Gasteiger partial charge < -0.3 is 4.55 Å². The molecule has 1 heterocycles. The summed E-state index contributed by atoms with van der Waals surface area (Å²) < 4.78 is 14.7. The first-order valence-electron chi connectivity index (χ1n) is 5.40. The van der Waals surface area contributed by atoms with E-state index < -0.39 is 11.4 Å². The predicted octanol–water partition coefficient (Wildman–Crippen LogP) is 1.98. The maximum atomic E-state index is 12.0. The van der Waals surface area contributed by atoms with Gasteiger partial charge >= 0.3 is 0 Å². The summed E-state index contributed by atoms with van der Waals surface area (Å²) in [5.41, 5.74) is 0. The molecule has 1 aromatic heterocycles. The van der Waals surface area contributed by atoms with E-state index in [9.17, 15) is 4.55 Å². The highest BCUT2D eigenvalue weighted by Crippen LogP contribution is 2.19. The van der Waals surface area contributed by atoms with Crippen LogP contribution in [-0.2, 0) is 11.4 Å². The maximum Gasteiger partial charge on any atom is 0.149 e. The summed E-state index contributed by atoms with van der Waals surface area (Å²) in [5.74, 6) is 0.697. The second-order valence-electron chi connectivity index (χ2n) is 4.57. The van der Waals surface area contributed by atoms with Crippen LogP contribution in [0.2, 0.25) is 0 Å². The van der Waals surface area contributed by atoms with Gasteiger partial charge in [0.1, 0.15) is 16.6 Å². The first-order valence-corrected chi connectivity index (χ1v) is 6.55. The van der Waals surface area contributed by atoms with Crippen LogP contribution in [0, 0.1) is 0 Å². The molecule has 5 heteroatoms. The van der Waals surface area contributed by atoms with Gasteiger partial charge in [0.05, 0.1) is 0 Å². The number of hydrogen-bond donors (Lipinski definition) is 1. The van der Waals surface area contributed by atoms with Crippen molar-refractivity contribution in [2.75, 3.05) is 0 Å². The van der Waals surface area contributed by atoms with Crippen molar-refractivity contribution in [3.8, 4) is 0 Å². The molecular weight excluding hydrogens is 222 g/mol. The molecule has 0 amide bonds. The highest BCUT2D eigenvalue weighted by atomic mass is 32.2. The van der Waals surface area contributed by atoms with E-state index >= 15 is 0 Å². The fourth-order valence-corrected chi connectivity index (χ4v) is 2.00. The molecule has 0 radical (unpaired) electrons. The van der Waals surface area contributed by atoms with Crippen LogP contribution in [0.3, 0.4) is 0 Å². The number of nitrogens with one attached hydrogen (secondary N) is 1. The molecular formula is C11H19N3OS. The molecule has 1 aromatic rings. The van der Waals surface area contributed by atoms with Gasteiger partial charge in [-0.05, 0) is 33.3 Å². The predicted molar refractivity (Wildman–Crippen MR) is 66.1 cm³/mol. The summed E-state index contributed by atoms with van der Waals surface area (Å²) in [7, 11) is 0. The van der Waals surface area contributed by atoms with E-state index in [4.69, 9.17) is 0 Å². The summed E-state index contributed by atoms with van der Waals surface area (Å²) in [5, 5.41) is 0. The molecule has 0 aliphatic rings. The van der Waals surface area contributed by atoms with Gasteiger partial charge in [-0.1, -0.05) is 6.92 Å². The molecule has 1 N–H and O–H groups in total. The van der Waals surface area contributed by atoms with Crippen molar-refractivity contribution in [2.45, 2.75) is 44.9 Å². The van der Waals surface area contributed by atoms with E-state index in [1.54, 1.807) is 18.5 Å². The van der Waals surface area contributed by atoms with E-state index in [2.05, 4.69) is 14.7 Å². The summed E-state index contributed by atoms with van der Waals surface area (Å²) >= 11 is -1.10. The van der Waals surface area contributed by atoms with Crippen LogP contribution in [0.15, 0.2) is 18.5 Å². The van der Waals surface area contributed by atoms with Crippen molar-refractivity contribution in [2.24, 2.45) is 0 Å². The van der Waals surface area contributed by atoms with Crippen LogP contribution >= 0.6 is 0 Å². The zero-order chi connectivity index (χ0) is 12.2. The normalized spacial score (nSPS) is 15.8. The Kier molecular flexibility index (Phi) is 4.70. The van der Waals surface area contributed by atoms with Crippen molar-refractivity contribution in [1.29, 1.82) is 0 Å². The van der Waals surface area contributed by atoms with Crippen LogP contribution in [0.1, 0.15) is 46.0 Å². The Labute approximate surface area is 100 Å². The highest BCUT2D eigenvalue weighted by molar-refractivity contribution is 7.90. The van der Waals surface area contributed by atoms with Crippen LogP contribution in [-0.4, -0.2) is 19.3 Å². The molecule has 1 rings (SSSR count). The lowest BCUT2D eigenvalue weighted by atomic mass is 10.2. The Morgan fingerprint density at radius 2 is 1.94 bits per heavy atom. The van der Waals surface area contributed by atoms with Crippen molar-refractivity contribution in [3.63, 3.8) is 0 Å². The molecule has 0 aromatic carbocycles. The first-order chi connectivity index (χ1) is 7.45. The van der Waals surface area contributed by atoms with E-state index in [1.807, 2.05) is 27.7 Å². The number of hydrogen-bond acceptors (Lipinski definition) is 4. The average Bonchev–Trinajstić information content (AvgIpc) is 2.25. The fourth-order valence-electron chi connectivity index (χ4n) is 1.12. The topological polar surface area (TPSA) is 60.9 Å². The van der Waals surface area contributed by atoms with Crippen molar-refractivity contribution in [1.82, 2.24) is 14.7 Å². The Balaban J connectivity index is 2.70. The van der Waals surface area contributed by atoms with Gasteiger partial charge in [-0.25, -0.2) is 9.97 Å². The molecule has 0 spiro atoms. The van der Waals surface area contributed by atoms with Gasteiger partial charge in [0, 0.05) is 23.8 Å². The minimum atomic E-state index is -1.10. The van der Waals surface area contributed by atoms with Gasteiger partial charge in [-0.15, -0.1) is 4.72 Å². The van der Waals surface area contributed by atoms with Crippen molar-refractivity contribution in [3.05, 3.63) is 24.3 Å². The molecule has 0 fully saturated rings. The van der Waals surface area contributed by atoms with E-state index in [1.165, 1.54) is 0 Å². The lowest BCUT2D eigenvalue weighted by Crippen LogP contribution is -2.41. The first kappa shape index (κ1) is 13.4. The summed E-state index contributed by atoms with van der Waals surface area (Å²) in [6.45, 7) is 7.84. The van der Waals surface area contributed by atoms with E-state index in [0.29, 0.717) is 5.82 Å². The maximum absolute atomic E-state index is 12.0. The monoisotopic (exact) mass is 241 g/mol. The molecule has 1 unspecified atom stereocenters. The quantitative estimate of drug-likeness (QED) is 0.819. The lowest BCUT2D eigenvalue weighted by Gasteiger charge is -2.26. The third-order valence-corrected chi connectivity index (χ3v) is 3.72. The minimum Gasteiger partial charge on any atom is -0.598 e. The molecule has 0 saturated carbocycles. The number of rotatable bonds is 4. The SMILES string of the molecule is CC[C@@H](N[S+]([O-])C(C)(C)C)c1ncccn1. The standard InChI is InChI=1S/C11H19N3OS/c1-5-9(10-12-7-6-8-13-10)14-16(15)11(2,3)4/h6-9,14H,5H2,1-4H3/t9-,16?/m1/s1.